The molecule has 1 aromatic carbocycles. The summed E-state index contributed by atoms with van der Waals surface area (Å²) in [6, 6.07) is 12.7. The lowest BCUT2D eigenvalue weighted by atomic mass is 10.1. The second-order valence-corrected chi connectivity index (χ2v) is 6.33. The van der Waals surface area contributed by atoms with Crippen LogP contribution in [0.25, 0.3) is 0 Å². The number of amides is 1. The zero-order chi connectivity index (χ0) is 16.1. The summed E-state index contributed by atoms with van der Waals surface area (Å²) in [5.41, 5.74) is 1.28. The van der Waals surface area contributed by atoms with E-state index in [9.17, 15) is 4.79 Å². The van der Waals surface area contributed by atoms with Gasteiger partial charge in [0.1, 0.15) is 6.54 Å². The van der Waals surface area contributed by atoms with Crippen molar-refractivity contribution >= 4 is 5.91 Å². The SMILES string of the molecule is N#CCN(C(=O)CC1CN(Cc2ccccc2)CCO1)C1CC1. The number of carbonyl (C=O) groups is 1. The molecule has 2 aliphatic rings. The summed E-state index contributed by atoms with van der Waals surface area (Å²) in [6.45, 7) is 3.41. The van der Waals surface area contributed by atoms with Gasteiger partial charge in [0.05, 0.1) is 25.2 Å². The minimum atomic E-state index is -0.0695. The largest absolute Gasteiger partial charge is 0.375 e. The van der Waals surface area contributed by atoms with Crippen LogP contribution in [0, 0.1) is 11.3 Å². The molecule has 1 unspecified atom stereocenters. The number of benzene rings is 1. The number of hydrogen-bond acceptors (Lipinski definition) is 4. The highest BCUT2D eigenvalue weighted by molar-refractivity contribution is 5.77. The van der Waals surface area contributed by atoms with Crippen LogP contribution >= 0.6 is 0 Å². The molecule has 23 heavy (non-hydrogen) atoms. The predicted molar refractivity (Wildman–Crippen MR) is 86.4 cm³/mol. The standard InChI is InChI=1S/C18H23N3O2/c19-8-9-21(16-6-7-16)18(22)12-17-14-20(10-11-23-17)13-15-4-2-1-3-5-15/h1-5,16-17H,6-7,9-14H2. The van der Waals surface area contributed by atoms with E-state index in [1.165, 1.54) is 5.56 Å². The fourth-order valence-electron chi connectivity index (χ4n) is 3.08. The van der Waals surface area contributed by atoms with Gasteiger partial charge in [-0.1, -0.05) is 30.3 Å². The molecule has 122 valence electrons. The molecule has 0 radical (unpaired) electrons. The molecule has 3 rings (SSSR count). The van der Waals surface area contributed by atoms with Crippen molar-refractivity contribution in [2.45, 2.75) is 38.0 Å². The third-order valence-electron chi connectivity index (χ3n) is 4.42. The van der Waals surface area contributed by atoms with Crippen molar-refractivity contribution in [2.24, 2.45) is 0 Å². The van der Waals surface area contributed by atoms with E-state index in [1.54, 1.807) is 4.90 Å². The van der Waals surface area contributed by atoms with Crippen LogP contribution in [-0.2, 0) is 16.1 Å². The summed E-state index contributed by atoms with van der Waals surface area (Å²) < 4.78 is 5.77. The van der Waals surface area contributed by atoms with Gasteiger partial charge in [-0.3, -0.25) is 9.69 Å². The molecule has 1 saturated heterocycles. The number of morpholine rings is 1. The Hall–Kier alpha value is -1.90. The van der Waals surface area contributed by atoms with Crippen molar-refractivity contribution in [2.75, 3.05) is 26.2 Å². The monoisotopic (exact) mass is 313 g/mol. The first-order valence-corrected chi connectivity index (χ1v) is 8.30. The molecule has 1 heterocycles. The molecular formula is C18H23N3O2. The highest BCUT2D eigenvalue weighted by Gasteiger charge is 2.34. The summed E-state index contributed by atoms with van der Waals surface area (Å²) in [4.78, 5) is 16.5. The molecule has 0 aromatic heterocycles. The summed E-state index contributed by atoms with van der Waals surface area (Å²) in [5.74, 6) is 0.0561. The maximum atomic E-state index is 12.4. The molecule has 0 bridgehead atoms. The van der Waals surface area contributed by atoms with E-state index in [1.807, 2.05) is 18.2 Å². The van der Waals surface area contributed by atoms with Gasteiger partial charge in [-0.2, -0.15) is 5.26 Å². The van der Waals surface area contributed by atoms with E-state index in [0.717, 1.165) is 32.5 Å². The van der Waals surface area contributed by atoms with Gasteiger partial charge in [0.15, 0.2) is 0 Å². The van der Waals surface area contributed by atoms with Crippen LogP contribution in [0.15, 0.2) is 30.3 Å². The van der Waals surface area contributed by atoms with Crippen LogP contribution in [-0.4, -0.2) is 54.1 Å². The minimum absolute atomic E-state index is 0.0561. The average Bonchev–Trinajstić information content (AvgIpc) is 3.38. The Morgan fingerprint density at radius 2 is 2.13 bits per heavy atom. The Balaban J connectivity index is 1.52. The first-order chi connectivity index (χ1) is 11.3. The molecule has 2 fully saturated rings. The quantitative estimate of drug-likeness (QED) is 0.751. The predicted octanol–water partition coefficient (Wildman–Crippen LogP) is 1.79. The Bertz CT molecular complexity index is 565. The molecular weight excluding hydrogens is 290 g/mol. The third kappa shape index (κ3) is 4.54. The second kappa shape index (κ2) is 7.58. The van der Waals surface area contributed by atoms with Gasteiger partial charge in [0.25, 0.3) is 0 Å². The number of rotatable bonds is 6. The van der Waals surface area contributed by atoms with Crippen LogP contribution in [0.5, 0.6) is 0 Å². The molecule has 1 aliphatic heterocycles. The molecule has 1 saturated carbocycles. The van der Waals surface area contributed by atoms with Crippen LogP contribution < -0.4 is 0 Å². The summed E-state index contributed by atoms with van der Waals surface area (Å²) >= 11 is 0. The Morgan fingerprint density at radius 3 is 2.83 bits per heavy atom. The summed E-state index contributed by atoms with van der Waals surface area (Å²) in [7, 11) is 0. The minimum Gasteiger partial charge on any atom is -0.375 e. The van der Waals surface area contributed by atoms with Crippen LogP contribution in [0.1, 0.15) is 24.8 Å². The van der Waals surface area contributed by atoms with Crippen molar-refractivity contribution < 1.29 is 9.53 Å². The smallest absolute Gasteiger partial charge is 0.226 e. The molecule has 0 N–H and O–H groups in total. The number of ether oxygens (including phenoxy) is 1. The lowest BCUT2D eigenvalue weighted by Gasteiger charge is -2.33. The topological polar surface area (TPSA) is 56.6 Å². The van der Waals surface area contributed by atoms with E-state index >= 15 is 0 Å². The fraction of sp³-hybridized carbons (Fsp3) is 0.556. The van der Waals surface area contributed by atoms with E-state index in [2.05, 4.69) is 23.1 Å². The Labute approximate surface area is 137 Å². The van der Waals surface area contributed by atoms with Crippen molar-refractivity contribution in [3.05, 3.63) is 35.9 Å². The Kier molecular flexibility index (Phi) is 5.27. The normalized spacial score (nSPS) is 21.6. The Morgan fingerprint density at radius 1 is 1.35 bits per heavy atom. The zero-order valence-corrected chi connectivity index (χ0v) is 13.4. The third-order valence-corrected chi connectivity index (χ3v) is 4.42. The number of nitriles is 1. The highest BCUT2D eigenvalue weighted by atomic mass is 16.5. The van der Waals surface area contributed by atoms with E-state index < -0.39 is 0 Å². The zero-order valence-electron chi connectivity index (χ0n) is 13.4. The lowest BCUT2D eigenvalue weighted by Crippen LogP contribution is -2.45. The number of hydrogen-bond donors (Lipinski definition) is 0. The number of carbonyl (C=O) groups excluding carboxylic acids is 1. The first kappa shape index (κ1) is 16.0. The molecule has 5 nitrogen and oxygen atoms in total. The van der Waals surface area contributed by atoms with Crippen molar-refractivity contribution in [1.29, 1.82) is 5.26 Å². The van der Waals surface area contributed by atoms with Crippen molar-refractivity contribution in [1.82, 2.24) is 9.80 Å². The van der Waals surface area contributed by atoms with Crippen LogP contribution in [0.2, 0.25) is 0 Å². The molecule has 1 aliphatic carbocycles. The van der Waals surface area contributed by atoms with Crippen molar-refractivity contribution in [3.8, 4) is 6.07 Å². The fourth-order valence-corrected chi connectivity index (χ4v) is 3.08. The van der Waals surface area contributed by atoms with Gasteiger partial charge in [0.2, 0.25) is 5.91 Å². The van der Waals surface area contributed by atoms with Crippen molar-refractivity contribution in [3.63, 3.8) is 0 Å². The number of nitrogens with zero attached hydrogens (tertiary/aromatic N) is 3. The average molecular weight is 313 g/mol. The van der Waals surface area contributed by atoms with E-state index in [-0.39, 0.29) is 24.6 Å². The highest BCUT2D eigenvalue weighted by Crippen LogP contribution is 2.27. The van der Waals surface area contributed by atoms with Crippen LogP contribution in [0.4, 0.5) is 0 Å². The van der Waals surface area contributed by atoms with Gasteiger partial charge in [0, 0.05) is 25.7 Å². The maximum Gasteiger partial charge on any atom is 0.226 e. The van der Waals surface area contributed by atoms with E-state index in [4.69, 9.17) is 10.00 Å². The molecule has 1 atom stereocenters. The van der Waals surface area contributed by atoms with Gasteiger partial charge in [-0.25, -0.2) is 0 Å². The molecule has 1 aromatic rings. The second-order valence-electron chi connectivity index (χ2n) is 6.33. The summed E-state index contributed by atoms with van der Waals surface area (Å²) in [5, 5.41) is 8.89. The molecule has 5 heteroatoms. The van der Waals surface area contributed by atoms with Gasteiger partial charge in [-0.05, 0) is 18.4 Å². The van der Waals surface area contributed by atoms with Gasteiger partial charge in [-0.15, -0.1) is 0 Å². The van der Waals surface area contributed by atoms with Gasteiger partial charge < -0.3 is 9.64 Å². The van der Waals surface area contributed by atoms with Gasteiger partial charge >= 0.3 is 0 Å². The molecule has 0 spiro atoms. The lowest BCUT2D eigenvalue weighted by molar-refractivity contribution is -0.136. The maximum absolute atomic E-state index is 12.4. The first-order valence-electron chi connectivity index (χ1n) is 8.30. The summed E-state index contributed by atoms with van der Waals surface area (Å²) in [6.07, 6.45) is 2.36. The van der Waals surface area contributed by atoms with E-state index in [0.29, 0.717) is 13.0 Å². The molecule has 1 amide bonds. The van der Waals surface area contributed by atoms with Crippen LogP contribution in [0.3, 0.4) is 0 Å².